The van der Waals surface area contributed by atoms with Gasteiger partial charge in [-0.1, -0.05) is 152 Å². The molecule has 0 aromatic carbocycles. The maximum Gasteiger partial charge on any atom is 0.224 e. The van der Waals surface area contributed by atoms with E-state index in [0.29, 0.717) is 29.1 Å². The second-order valence-electron chi connectivity index (χ2n) is 22.7. The van der Waals surface area contributed by atoms with Crippen LogP contribution in [0.3, 0.4) is 0 Å². The average Bonchev–Trinajstić information content (AvgIpc) is 4.01. The fourth-order valence-corrected chi connectivity index (χ4v) is 5.16. The number of rotatable bonds is 22. The van der Waals surface area contributed by atoms with Gasteiger partial charge in [0, 0.05) is 81.3 Å². The predicted molar refractivity (Wildman–Crippen MR) is 286 cm³/mol. The van der Waals surface area contributed by atoms with Gasteiger partial charge in [-0.2, -0.15) is 0 Å². The van der Waals surface area contributed by atoms with Gasteiger partial charge in [0.2, 0.25) is 35.4 Å². The van der Waals surface area contributed by atoms with Gasteiger partial charge in [0.05, 0.1) is 0 Å². The minimum absolute atomic E-state index is 0.104. The van der Waals surface area contributed by atoms with Crippen molar-refractivity contribution in [1.82, 2.24) is 31.5 Å². The Morgan fingerprint density at radius 3 is 1.10 bits per heavy atom. The SMILES string of the molecule is CC(C)C(=O)NCC1(C(C)C)CC1.CC(C)CCCNC(=O)C(C)C.CC(C)CCN(C)C(=O)C(C)C.CC(C)CCNC(=O)C(C)C.CC(C)CNC(=O)C(C)C.CC(C)NC(=O)C(C)C. The van der Waals surface area contributed by atoms with Gasteiger partial charge in [-0.05, 0) is 87.4 Å². The molecule has 12 nitrogen and oxygen atoms in total. The molecule has 67 heavy (non-hydrogen) atoms. The van der Waals surface area contributed by atoms with Crippen LogP contribution in [-0.2, 0) is 28.8 Å². The van der Waals surface area contributed by atoms with Crippen LogP contribution in [0.4, 0.5) is 0 Å². The predicted octanol–water partition coefficient (Wildman–Crippen LogP) is 10.9. The lowest BCUT2D eigenvalue weighted by Crippen LogP contribution is -2.35. The van der Waals surface area contributed by atoms with Crippen molar-refractivity contribution in [3.05, 3.63) is 0 Å². The molecule has 1 aliphatic carbocycles. The van der Waals surface area contributed by atoms with Gasteiger partial charge in [0.25, 0.3) is 0 Å². The van der Waals surface area contributed by atoms with E-state index in [4.69, 9.17) is 0 Å². The maximum absolute atomic E-state index is 11.4. The van der Waals surface area contributed by atoms with Gasteiger partial charge in [-0.3, -0.25) is 28.8 Å². The molecule has 0 atom stereocenters. The summed E-state index contributed by atoms with van der Waals surface area (Å²) in [6.07, 6.45) is 7.01. The molecule has 1 aliphatic rings. The number of nitrogens with one attached hydrogen (secondary N) is 5. The lowest BCUT2D eigenvalue weighted by atomic mass is 9.92. The normalized spacial score (nSPS) is 12.4. The third kappa shape index (κ3) is 49.1. The van der Waals surface area contributed by atoms with E-state index < -0.39 is 0 Å². The molecule has 1 saturated carbocycles. The van der Waals surface area contributed by atoms with Crippen molar-refractivity contribution in [1.29, 1.82) is 0 Å². The molecule has 1 rings (SSSR count). The van der Waals surface area contributed by atoms with E-state index >= 15 is 0 Å². The van der Waals surface area contributed by atoms with Crippen LogP contribution in [-0.4, -0.2) is 86.2 Å². The molecular formula is C55H114N6O6. The topological polar surface area (TPSA) is 166 Å². The van der Waals surface area contributed by atoms with Gasteiger partial charge >= 0.3 is 0 Å². The van der Waals surface area contributed by atoms with Crippen molar-refractivity contribution in [2.24, 2.45) is 70.5 Å². The van der Waals surface area contributed by atoms with Crippen molar-refractivity contribution in [3.63, 3.8) is 0 Å². The molecular weight excluding hydrogens is 841 g/mol. The third-order valence-corrected chi connectivity index (χ3v) is 10.7. The van der Waals surface area contributed by atoms with E-state index in [-0.39, 0.29) is 77.0 Å². The number of amides is 6. The Morgan fingerprint density at radius 1 is 0.433 bits per heavy atom. The summed E-state index contributed by atoms with van der Waals surface area (Å²) in [6.45, 7) is 52.8. The zero-order valence-corrected chi connectivity index (χ0v) is 48.6. The fraction of sp³-hybridized carbons (Fsp3) is 0.891. The first-order chi connectivity index (χ1) is 30.6. The van der Waals surface area contributed by atoms with Crippen LogP contribution in [0.1, 0.15) is 205 Å². The van der Waals surface area contributed by atoms with E-state index in [1.807, 2.05) is 109 Å². The van der Waals surface area contributed by atoms with Crippen LogP contribution in [0.5, 0.6) is 0 Å². The lowest BCUT2D eigenvalue weighted by molar-refractivity contribution is -0.133. The molecule has 0 aromatic rings. The van der Waals surface area contributed by atoms with E-state index in [2.05, 4.69) is 95.8 Å². The molecule has 0 radical (unpaired) electrons. The first-order valence-corrected chi connectivity index (χ1v) is 26.2. The van der Waals surface area contributed by atoms with Crippen LogP contribution >= 0.6 is 0 Å². The first-order valence-electron chi connectivity index (χ1n) is 26.2. The second kappa shape index (κ2) is 41.8. The smallest absolute Gasteiger partial charge is 0.224 e. The van der Waals surface area contributed by atoms with Crippen LogP contribution in [0.25, 0.3) is 0 Å². The summed E-state index contributed by atoms with van der Waals surface area (Å²) < 4.78 is 0. The molecule has 5 N–H and O–H groups in total. The van der Waals surface area contributed by atoms with Crippen molar-refractivity contribution in [2.75, 3.05) is 39.8 Å². The number of nitrogens with zero attached hydrogens (tertiary/aromatic N) is 1. The number of carbonyl (C=O) groups is 6. The standard InChI is InChI=1S/C11H21NO.2C10H21NO.C9H19NO.C8H17NO.C7H15NO/c1-8(2)10(13)12-7-11(5-6-11)9(3)4;1-8(2)6-7-11(5)10(12)9(3)4;1-8(2)6-5-7-11-10(12)9(3)4;1-7(2)5-6-10-9(11)8(3)4;1-6(2)5-9-8(10)7(3)4;1-5(2)7(9)8-6(3)4/h8-9H,5-7H2,1-4H3,(H,12,13);8-9H,6-7H2,1-5H3;8-9H,5-7H2,1-4H3,(H,11,12);7-8H,5-6H2,1-4H3,(H,10,11);6-7H,5H2,1-4H3,(H,9,10);5-6H,1-4H3,(H,8,9). The molecule has 12 heteroatoms. The Balaban J connectivity index is -0.000000230. The molecule has 6 amide bonds. The van der Waals surface area contributed by atoms with Crippen LogP contribution in [0.2, 0.25) is 0 Å². The quantitative estimate of drug-likeness (QED) is 0.0678. The Bertz CT molecular complexity index is 1280. The van der Waals surface area contributed by atoms with E-state index in [1.54, 1.807) is 0 Å². The zero-order chi connectivity index (χ0) is 53.8. The molecule has 0 aliphatic heterocycles. The highest BCUT2D eigenvalue weighted by Crippen LogP contribution is 2.51. The van der Waals surface area contributed by atoms with E-state index in [9.17, 15) is 28.8 Å². The summed E-state index contributed by atoms with van der Waals surface area (Å²) in [4.78, 5) is 68.4. The molecule has 400 valence electrons. The highest BCUT2D eigenvalue weighted by Gasteiger charge is 2.45. The average molecular weight is 956 g/mol. The molecule has 1 fully saturated rings. The zero-order valence-electron chi connectivity index (χ0n) is 48.6. The van der Waals surface area contributed by atoms with Gasteiger partial charge in [-0.25, -0.2) is 0 Å². The Labute approximate surface area is 415 Å². The number of carbonyl (C=O) groups excluding carboxylic acids is 6. The Hall–Kier alpha value is -3.18. The second-order valence-corrected chi connectivity index (χ2v) is 22.7. The van der Waals surface area contributed by atoms with E-state index in [0.717, 1.165) is 57.9 Å². The van der Waals surface area contributed by atoms with Crippen LogP contribution in [0, 0.1) is 70.5 Å². The number of hydrogen-bond acceptors (Lipinski definition) is 6. The summed E-state index contributed by atoms with van der Waals surface area (Å²) in [5.74, 6) is 5.03. The van der Waals surface area contributed by atoms with Crippen LogP contribution < -0.4 is 26.6 Å². The van der Waals surface area contributed by atoms with Crippen molar-refractivity contribution >= 4 is 35.4 Å². The summed E-state index contributed by atoms with van der Waals surface area (Å²) in [6, 6.07) is 0.264. The molecule has 0 saturated heterocycles. The summed E-state index contributed by atoms with van der Waals surface area (Å²) in [5.41, 5.74) is 0.435. The Morgan fingerprint density at radius 2 is 0.806 bits per heavy atom. The van der Waals surface area contributed by atoms with Crippen molar-refractivity contribution in [3.8, 4) is 0 Å². The Kier molecular flexibility index (Phi) is 45.4. The maximum atomic E-state index is 11.4. The van der Waals surface area contributed by atoms with Gasteiger partial charge in [-0.15, -0.1) is 0 Å². The first kappa shape index (κ1) is 72.8. The van der Waals surface area contributed by atoms with Gasteiger partial charge < -0.3 is 31.5 Å². The van der Waals surface area contributed by atoms with Gasteiger partial charge in [0.15, 0.2) is 0 Å². The molecule has 0 spiro atoms. The molecule has 0 aromatic heterocycles. The molecule has 0 unspecified atom stereocenters. The third-order valence-electron chi connectivity index (χ3n) is 10.7. The van der Waals surface area contributed by atoms with E-state index in [1.165, 1.54) is 19.3 Å². The summed E-state index contributed by atoms with van der Waals surface area (Å²) >= 11 is 0. The minimum atomic E-state index is 0.104. The monoisotopic (exact) mass is 955 g/mol. The van der Waals surface area contributed by atoms with Crippen molar-refractivity contribution in [2.45, 2.75) is 211 Å². The van der Waals surface area contributed by atoms with Crippen LogP contribution in [0.15, 0.2) is 0 Å². The lowest BCUT2D eigenvalue weighted by Gasteiger charge is -2.20. The highest BCUT2D eigenvalue weighted by molar-refractivity contribution is 5.79. The van der Waals surface area contributed by atoms with Gasteiger partial charge in [0.1, 0.15) is 0 Å². The molecule has 0 heterocycles. The summed E-state index contributed by atoms with van der Waals surface area (Å²) in [7, 11) is 1.88. The molecule has 0 bridgehead atoms. The number of hydrogen-bond donors (Lipinski definition) is 5. The highest BCUT2D eigenvalue weighted by atomic mass is 16.2. The largest absolute Gasteiger partial charge is 0.356 e. The van der Waals surface area contributed by atoms with Crippen molar-refractivity contribution < 1.29 is 28.8 Å². The fourth-order valence-electron chi connectivity index (χ4n) is 5.16. The minimum Gasteiger partial charge on any atom is -0.356 e. The summed E-state index contributed by atoms with van der Waals surface area (Å²) in [5, 5.41) is 14.4.